The summed E-state index contributed by atoms with van der Waals surface area (Å²) in [5.74, 6) is 0.0705. The van der Waals surface area contributed by atoms with Crippen LogP contribution in [0, 0.1) is 11.3 Å². The van der Waals surface area contributed by atoms with E-state index in [9.17, 15) is 8.42 Å². The molecule has 5 heteroatoms. The van der Waals surface area contributed by atoms with Crippen LogP contribution in [0.1, 0.15) is 12.8 Å². The Balaban J connectivity index is 2.64. The molecule has 0 N–H and O–H groups in total. The maximum atomic E-state index is 11.5. The molecule has 0 radical (unpaired) electrons. The van der Waals surface area contributed by atoms with Gasteiger partial charge in [-0.2, -0.15) is 5.26 Å². The summed E-state index contributed by atoms with van der Waals surface area (Å²) in [6.45, 7) is 0. The Morgan fingerprint density at radius 3 is 2.85 bits per heavy atom. The Hall–Kier alpha value is -0.860. The molecule has 70 valence electrons. The van der Waals surface area contributed by atoms with E-state index in [-0.39, 0.29) is 5.75 Å². The Morgan fingerprint density at radius 1 is 1.54 bits per heavy atom. The summed E-state index contributed by atoms with van der Waals surface area (Å²) < 4.78 is 23.3. The van der Waals surface area contributed by atoms with Gasteiger partial charge in [-0.25, -0.2) is 8.42 Å². The number of nitrogens with zero attached hydrogens (tertiary/aromatic N) is 1. The van der Waals surface area contributed by atoms with Crippen molar-refractivity contribution in [3.05, 3.63) is 17.5 Å². The maximum absolute atomic E-state index is 11.5. The normalized spacial score (nSPS) is 11.0. The van der Waals surface area contributed by atoms with Crippen molar-refractivity contribution < 1.29 is 8.42 Å². The van der Waals surface area contributed by atoms with Gasteiger partial charge in [-0.05, 0) is 17.9 Å². The third-order valence-corrected chi connectivity index (χ3v) is 4.79. The van der Waals surface area contributed by atoms with Crippen LogP contribution in [0.4, 0.5) is 0 Å². The molecule has 0 aliphatic heterocycles. The fraction of sp³-hybridized carbons (Fsp3) is 0.375. The second kappa shape index (κ2) is 4.40. The van der Waals surface area contributed by atoms with E-state index in [0.29, 0.717) is 17.1 Å². The first-order valence-corrected chi connectivity index (χ1v) is 6.33. The Morgan fingerprint density at radius 2 is 2.31 bits per heavy atom. The van der Waals surface area contributed by atoms with Gasteiger partial charge in [-0.3, -0.25) is 0 Å². The lowest BCUT2D eigenvalue weighted by Crippen LogP contribution is -2.04. The average molecular weight is 215 g/mol. The number of sulfone groups is 1. The zero-order chi connectivity index (χ0) is 9.73. The minimum atomic E-state index is -3.12. The lowest BCUT2D eigenvalue weighted by Gasteiger charge is -1.97. The molecule has 1 heterocycles. The van der Waals surface area contributed by atoms with Crippen molar-refractivity contribution in [2.45, 2.75) is 17.1 Å². The fourth-order valence-electron chi connectivity index (χ4n) is 0.882. The summed E-state index contributed by atoms with van der Waals surface area (Å²) in [7, 11) is -3.12. The van der Waals surface area contributed by atoms with Crippen molar-refractivity contribution in [2.24, 2.45) is 0 Å². The first kappa shape index (κ1) is 10.2. The van der Waals surface area contributed by atoms with Crippen LogP contribution >= 0.6 is 11.3 Å². The van der Waals surface area contributed by atoms with Gasteiger partial charge >= 0.3 is 0 Å². The third kappa shape index (κ3) is 2.83. The minimum absolute atomic E-state index is 0.0705. The molecule has 0 aliphatic rings. The zero-order valence-electron chi connectivity index (χ0n) is 6.93. The van der Waals surface area contributed by atoms with Crippen LogP contribution in [0.2, 0.25) is 0 Å². The van der Waals surface area contributed by atoms with Gasteiger partial charge in [0.2, 0.25) is 0 Å². The molecule has 0 bridgehead atoms. The summed E-state index contributed by atoms with van der Waals surface area (Å²) in [6.07, 6.45) is 0.710. The highest BCUT2D eigenvalue weighted by Crippen LogP contribution is 2.18. The third-order valence-electron chi connectivity index (χ3n) is 1.50. The average Bonchev–Trinajstić information content (AvgIpc) is 2.56. The Kier molecular flexibility index (Phi) is 3.46. The monoisotopic (exact) mass is 215 g/mol. The maximum Gasteiger partial charge on any atom is 0.187 e. The molecule has 0 spiro atoms. The van der Waals surface area contributed by atoms with Crippen molar-refractivity contribution in [3.8, 4) is 6.07 Å². The first-order valence-electron chi connectivity index (χ1n) is 3.80. The molecular formula is C8H9NO2S2. The molecule has 1 aromatic rings. The second-order valence-corrected chi connectivity index (χ2v) is 5.80. The molecule has 0 aromatic carbocycles. The Labute approximate surface area is 81.5 Å². The number of rotatable bonds is 4. The van der Waals surface area contributed by atoms with Gasteiger partial charge in [-0.1, -0.05) is 6.07 Å². The van der Waals surface area contributed by atoms with E-state index in [4.69, 9.17) is 5.26 Å². The van der Waals surface area contributed by atoms with E-state index in [0.717, 1.165) is 0 Å². The molecule has 13 heavy (non-hydrogen) atoms. The summed E-state index contributed by atoms with van der Waals surface area (Å²) in [5, 5.41) is 9.98. The van der Waals surface area contributed by atoms with Crippen molar-refractivity contribution in [2.75, 3.05) is 5.75 Å². The molecule has 0 saturated heterocycles. The smallest absolute Gasteiger partial charge is 0.187 e. The second-order valence-electron chi connectivity index (χ2n) is 2.51. The number of hydrogen-bond donors (Lipinski definition) is 0. The van der Waals surface area contributed by atoms with Crippen molar-refractivity contribution in [3.63, 3.8) is 0 Å². The van der Waals surface area contributed by atoms with Crippen LogP contribution < -0.4 is 0 Å². The molecule has 0 aliphatic carbocycles. The summed E-state index contributed by atoms with van der Waals surface area (Å²) >= 11 is 1.22. The SMILES string of the molecule is N#CCCCS(=O)(=O)c1cccs1. The molecule has 3 nitrogen and oxygen atoms in total. The first-order chi connectivity index (χ1) is 6.17. The zero-order valence-corrected chi connectivity index (χ0v) is 8.57. The van der Waals surface area contributed by atoms with E-state index in [1.54, 1.807) is 17.5 Å². The lowest BCUT2D eigenvalue weighted by molar-refractivity contribution is 0.596. The number of unbranched alkanes of at least 4 members (excludes halogenated alkanes) is 1. The van der Waals surface area contributed by atoms with Crippen LogP contribution in [-0.2, 0) is 9.84 Å². The number of nitriles is 1. The van der Waals surface area contributed by atoms with Crippen LogP contribution in [-0.4, -0.2) is 14.2 Å². The van der Waals surface area contributed by atoms with Crippen LogP contribution in [0.25, 0.3) is 0 Å². The molecule has 0 unspecified atom stereocenters. The van der Waals surface area contributed by atoms with Crippen LogP contribution in [0.3, 0.4) is 0 Å². The molecular weight excluding hydrogens is 206 g/mol. The minimum Gasteiger partial charge on any atom is -0.223 e. The standard InChI is InChI=1S/C8H9NO2S2/c9-5-1-2-7-13(10,11)8-4-3-6-12-8/h3-4,6H,1-2,7H2. The van der Waals surface area contributed by atoms with Crippen molar-refractivity contribution >= 4 is 21.2 Å². The van der Waals surface area contributed by atoms with Crippen molar-refractivity contribution in [1.82, 2.24) is 0 Å². The predicted octanol–water partition coefficient (Wildman–Crippen LogP) is 1.83. The summed E-state index contributed by atoms with van der Waals surface area (Å²) in [4.78, 5) is 0. The van der Waals surface area contributed by atoms with E-state index < -0.39 is 9.84 Å². The molecule has 0 saturated carbocycles. The van der Waals surface area contributed by atoms with Gasteiger partial charge in [0.15, 0.2) is 9.84 Å². The van der Waals surface area contributed by atoms with Gasteiger partial charge in [0.05, 0.1) is 11.8 Å². The van der Waals surface area contributed by atoms with Crippen LogP contribution in [0.15, 0.2) is 21.7 Å². The molecule has 0 amide bonds. The topological polar surface area (TPSA) is 57.9 Å². The quantitative estimate of drug-likeness (QED) is 0.720. The lowest BCUT2D eigenvalue weighted by atomic mass is 10.4. The van der Waals surface area contributed by atoms with E-state index in [2.05, 4.69) is 0 Å². The highest BCUT2D eigenvalue weighted by molar-refractivity contribution is 7.93. The fourth-order valence-corrected chi connectivity index (χ4v) is 3.35. The largest absolute Gasteiger partial charge is 0.223 e. The van der Waals surface area contributed by atoms with Gasteiger partial charge in [-0.15, -0.1) is 11.3 Å². The van der Waals surface area contributed by atoms with Gasteiger partial charge < -0.3 is 0 Å². The Bertz CT molecular complexity index is 386. The number of thiophene rings is 1. The summed E-state index contributed by atoms with van der Waals surface area (Å²) in [5.41, 5.74) is 0. The van der Waals surface area contributed by atoms with Gasteiger partial charge in [0.25, 0.3) is 0 Å². The van der Waals surface area contributed by atoms with E-state index in [1.807, 2.05) is 6.07 Å². The van der Waals surface area contributed by atoms with Gasteiger partial charge in [0.1, 0.15) is 4.21 Å². The molecule has 1 aromatic heterocycles. The molecule has 1 rings (SSSR count). The van der Waals surface area contributed by atoms with Crippen LogP contribution in [0.5, 0.6) is 0 Å². The summed E-state index contributed by atoms with van der Waals surface area (Å²) in [6, 6.07) is 5.22. The number of hydrogen-bond acceptors (Lipinski definition) is 4. The molecule has 0 atom stereocenters. The molecule has 0 fully saturated rings. The highest BCUT2D eigenvalue weighted by atomic mass is 32.2. The highest BCUT2D eigenvalue weighted by Gasteiger charge is 2.14. The van der Waals surface area contributed by atoms with Gasteiger partial charge in [0, 0.05) is 6.42 Å². The van der Waals surface area contributed by atoms with E-state index in [1.165, 1.54) is 11.3 Å². The van der Waals surface area contributed by atoms with E-state index >= 15 is 0 Å². The predicted molar refractivity (Wildman–Crippen MR) is 51.2 cm³/mol. The van der Waals surface area contributed by atoms with Crippen molar-refractivity contribution in [1.29, 1.82) is 5.26 Å².